The fraction of sp³-hybridized carbons (Fsp3) is 0.455. The summed E-state index contributed by atoms with van der Waals surface area (Å²) in [6.45, 7) is 2.36. The van der Waals surface area contributed by atoms with E-state index in [0.29, 0.717) is 10.1 Å². The van der Waals surface area contributed by atoms with E-state index >= 15 is 0 Å². The monoisotopic (exact) mass is 564 g/mol. The summed E-state index contributed by atoms with van der Waals surface area (Å²) < 4.78 is 43.4. The first-order chi connectivity index (χ1) is 15.1. The first-order valence-corrected chi connectivity index (χ1v) is 11.4. The average molecular weight is 564 g/mol. The molecular weight excluding hydrogens is 536 g/mol. The third-order valence-electron chi connectivity index (χ3n) is 5.35. The molecule has 1 saturated heterocycles. The maximum Gasteiger partial charge on any atom is 0.182 e. The Balaban J connectivity index is 1.67. The molecule has 1 unspecified atom stereocenters. The van der Waals surface area contributed by atoms with Crippen LogP contribution < -0.4 is 10.6 Å². The molecule has 10 heteroatoms. The largest absolute Gasteiger partial charge is 0.386 e. The summed E-state index contributed by atoms with van der Waals surface area (Å²) in [4.78, 5) is 3.62. The van der Waals surface area contributed by atoms with Crippen molar-refractivity contribution in [2.45, 2.75) is 18.2 Å². The third-order valence-corrected chi connectivity index (χ3v) is 6.02. The van der Waals surface area contributed by atoms with E-state index in [1.165, 1.54) is 18.2 Å². The fourth-order valence-electron chi connectivity index (χ4n) is 3.67. The second kappa shape index (κ2) is 10.7. The van der Waals surface area contributed by atoms with Crippen molar-refractivity contribution in [3.8, 4) is 0 Å². The van der Waals surface area contributed by atoms with E-state index in [4.69, 9.17) is 0 Å². The van der Waals surface area contributed by atoms with Crippen LogP contribution in [0.2, 0.25) is 0 Å². The summed E-state index contributed by atoms with van der Waals surface area (Å²) in [6, 6.07) is 6.48. The van der Waals surface area contributed by atoms with E-state index in [0.717, 1.165) is 25.6 Å². The number of rotatable bonds is 10. The molecule has 0 saturated carbocycles. The third kappa shape index (κ3) is 6.12. The van der Waals surface area contributed by atoms with E-state index in [-0.39, 0.29) is 30.0 Å². The number of likely N-dealkylation sites (tertiary alicyclic amines) is 1. The predicted octanol–water partition coefficient (Wildman–Crippen LogP) is 3.03. The van der Waals surface area contributed by atoms with Crippen molar-refractivity contribution in [2.24, 2.45) is 0 Å². The van der Waals surface area contributed by atoms with E-state index in [1.54, 1.807) is 11.0 Å². The van der Waals surface area contributed by atoms with Crippen molar-refractivity contribution in [3.05, 3.63) is 56.9 Å². The Kier molecular flexibility index (Phi) is 8.39. The standard InChI is InChI=1S/C22H28F3IN4O2/c1-29(2)9-3-8-27-11-22(32)12-30(13-22)21(31)15-5-6-16(23)19(25)20(15)28-18-7-4-14(26)10-17(18)24/h4-7,10,21,27-28,31-32H,3,8-9,11-13H2,1-2H3. The van der Waals surface area contributed by atoms with Crippen molar-refractivity contribution in [1.29, 1.82) is 0 Å². The smallest absolute Gasteiger partial charge is 0.182 e. The summed E-state index contributed by atoms with van der Waals surface area (Å²) in [5.74, 6) is -2.95. The summed E-state index contributed by atoms with van der Waals surface area (Å²) in [5.41, 5.74) is -1.34. The summed E-state index contributed by atoms with van der Waals surface area (Å²) in [7, 11) is 3.99. The van der Waals surface area contributed by atoms with Crippen molar-refractivity contribution in [1.82, 2.24) is 15.1 Å². The van der Waals surface area contributed by atoms with E-state index < -0.39 is 29.3 Å². The Bertz CT molecular complexity index is 942. The van der Waals surface area contributed by atoms with Crippen LogP contribution in [-0.4, -0.2) is 72.4 Å². The molecule has 1 heterocycles. The zero-order valence-electron chi connectivity index (χ0n) is 18.0. The minimum Gasteiger partial charge on any atom is -0.386 e. The number of anilines is 2. The summed E-state index contributed by atoms with van der Waals surface area (Å²) in [6.07, 6.45) is -0.359. The van der Waals surface area contributed by atoms with Crippen LogP contribution in [0.4, 0.5) is 24.5 Å². The number of halogens is 4. The van der Waals surface area contributed by atoms with Crippen molar-refractivity contribution < 1.29 is 23.4 Å². The van der Waals surface area contributed by atoms with Gasteiger partial charge in [-0.2, -0.15) is 0 Å². The second-order valence-corrected chi connectivity index (χ2v) is 9.66. The summed E-state index contributed by atoms with van der Waals surface area (Å²) >= 11 is 1.94. The SMILES string of the molecule is CN(C)CCCNCC1(O)CN(C(O)c2ccc(F)c(F)c2Nc2ccc(I)cc2F)C1. The number of hydrogen-bond donors (Lipinski definition) is 4. The highest BCUT2D eigenvalue weighted by Gasteiger charge is 2.44. The Morgan fingerprint density at radius 2 is 1.88 bits per heavy atom. The topological polar surface area (TPSA) is 71.0 Å². The van der Waals surface area contributed by atoms with Gasteiger partial charge in [-0.3, -0.25) is 4.90 Å². The van der Waals surface area contributed by atoms with Crippen LogP contribution in [0.15, 0.2) is 30.3 Å². The van der Waals surface area contributed by atoms with Crippen LogP contribution in [0.3, 0.4) is 0 Å². The Hall–Kier alpha value is -1.44. The van der Waals surface area contributed by atoms with Crippen LogP contribution in [0, 0.1) is 21.0 Å². The normalized spacial score (nSPS) is 16.8. The molecule has 0 bridgehead atoms. The van der Waals surface area contributed by atoms with Gasteiger partial charge in [0.1, 0.15) is 17.6 Å². The number of aliphatic hydroxyl groups excluding tert-OH is 1. The van der Waals surface area contributed by atoms with Gasteiger partial charge in [-0.15, -0.1) is 0 Å². The van der Waals surface area contributed by atoms with Crippen LogP contribution in [0.25, 0.3) is 0 Å². The van der Waals surface area contributed by atoms with Crippen LogP contribution in [0.5, 0.6) is 0 Å². The quantitative estimate of drug-likeness (QED) is 0.263. The molecule has 6 nitrogen and oxygen atoms in total. The lowest BCUT2D eigenvalue weighted by Crippen LogP contribution is -2.66. The first-order valence-electron chi connectivity index (χ1n) is 10.3. The lowest BCUT2D eigenvalue weighted by Gasteiger charge is -2.49. The van der Waals surface area contributed by atoms with E-state index in [1.807, 2.05) is 36.7 Å². The van der Waals surface area contributed by atoms with Crippen molar-refractivity contribution in [2.75, 3.05) is 52.1 Å². The molecule has 1 fully saturated rings. The second-order valence-electron chi connectivity index (χ2n) is 8.41. The number of nitrogens with zero attached hydrogens (tertiary/aromatic N) is 2. The van der Waals surface area contributed by atoms with Crippen molar-refractivity contribution in [3.63, 3.8) is 0 Å². The molecule has 1 aliphatic heterocycles. The molecule has 0 aliphatic carbocycles. The minimum absolute atomic E-state index is 0.0367. The highest BCUT2D eigenvalue weighted by Crippen LogP contribution is 2.36. The first kappa shape index (κ1) is 25.2. The molecule has 176 valence electrons. The maximum absolute atomic E-state index is 14.6. The Labute approximate surface area is 199 Å². The van der Waals surface area contributed by atoms with Gasteiger partial charge in [0.15, 0.2) is 11.6 Å². The zero-order valence-corrected chi connectivity index (χ0v) is 20.2. The Morgan fingerprint density at radius 1 is 1.16 bits per heavy atom. The number of benzene rings is 2. The van der Waals surface area contributed by atoms with Gasteiger partial charge in [0, 0.05) is 28.8 Å². The lowest BCUT2D eigenvalue weighted by molar-refractivity contribution is -0.160. The Morgan fingerprint density at radius 3 is 2.53 bits per heavy atom. The van der Waals surface area contributed by atoms with Crippen LogP contribution in [-0.2, 0) is 0 Å². The molecule has 2 aromatic rings. The lowest BCUT2D eigenvalue weighted by atomic mass is 9.92. The summed E-state index contributed by atoms with van der Waals surface area (Å²) in [5, 5.41) is 27.2. The number of aliphatic hydroxyl groups is 2. The van der Waals surface area contributed by atoms with Gasteiger partial charge in [0.25, 0.3) is 0 Å². The highest BCUT2D eigenvalue weighted by molar-refractivity contribution is 14.1. The molecule has 32 heavy (non-hydrogen) atoms. The number of nitrogens with one attached hydrogen (secondary N) is 2. The van der Waals surface area contributed by atoms with Crippen LogP contribution in [0.1, 0.15) is 18.2 Å². The molecule has 0 radical (unpaired) electrons. The number of hydrogen-bond acceptors (Lipinski definition) is 6. The molecule has 4 N–H and O–H groups in total. The van der Waals surface area contributed by atoms with E-state index in [9.17, 15) is 23.4 Å². The van der Waals surface area contributed by atoms with E-state index in [2.05, 4.69) is 15.5 Å². The minimum atomic E-state index is -1.30. The molecule has 1 aliphatic rings. The van der Waals surface area contributed by atoms with Crippen LogP contribution >= 0.6 is 22.6 Å². The number of β-amino-alcohol motifs (C(OH)–C–C–N with tert-alkyl or cyclic N) is 1. The molecule has 1 atom stereocenters. The molecular formula is C22H28F3IN4O2. The predicted molar refractivity (Wildman–Crippen MR) is 126 cm³/mol. The molecule has 0 aromatic heterocycles. The highest BCUT2D eigenvalue weighted by atomic mass is 127. The molecule has 2 aromatic carbocycles. The average Bonchev–Trinajstić information content (AvgIpc) is 2.70. The fourth-order valence-corrected chi connectivity index (χ4v) is 4.12. The molecule has 3 rings (SSSR count). The van der Waals surface area contributed by atoms with Gasteiger partial charge in [0.05, 0.1) is 11.4 Å². The van der Waals surface area contributed by atoms with Gasteiger partial charge in [-0.1, -0.05) is 0 Å². The van der Waals surface area contributed by atoms with Gasteiger partial charge < -0.3 is 25.7 Å². The maximum atomic E-state index is 14.6. The van der Waals surface area contributed by atoms with Gasteiger partial charge >= 0.3 is 0 Å². The molecule has 0 spiro atoms. The zero-order chi connectivity index (χ0) is 23.5. The molecule has 0 amide bonds. The van der Waals surface area contributed by atoms with Crippen molar-refractivity contribution >= 4 is 34.0 Å². The van der Waals surface area contributed by atoms with Gasteiger partial charge in [0.2, 0.25) is 0 Å². The van der Waals surface area contributed by atoms with Gasteiger partial charge in [-0.25, -0.2) is 13.2 Å². The van der Waals surface area contributed by atoms with Gasteiger partial charge in [-0.05, 0) is 86.5 Å².